The number of benzene rings is 1. The van der Waals surface area contributed by atoms with E-state index < -0.39 is 17.6 Å². The molecule has 104 valence electrons. The molecule has 1 N–H and O–H groups in total. The van der Waals surface area contributed by atoms with Crippen molar-refractivity contribution in [2.75, 3.05) is 0 Å². The molecule has 1 saturated carbocycles. The molecule has 0 aliphatic heterocycles. The Morgan fingerprint density at radius 2 is 1.95 bits per heavy atom. The van der Waals surface area contributed by atoms with Crippen LogP contribution >= 0.6 is 0 Å². The lowest BCUT2D eigenvalue weighted by Crippen LogP contribution is -2.26. The van der Waals surface area contributed by atoms with Gasteiger partial charge in [0.15, 0.2) is 0 Å². The Labute approximate surface area is 110 Å². The van der Waals surface area contributed by atoms with Crippen molar-refractivity contribution in [3.63, 3.8) is 0 Å². The first-order chi connectivity index (χ1) is 9.06. The van der Waals surface area contributed by atoms with Crippen molar-refractivity contribution in [3.8, 4) is 0 Å². The van der Waals surface area contributed by atoms with Crippen LogP contribution in [0.1, 0.15) is 31.2 Å². The lowest BCUT2D eigenvalue weighted by atomic mass is 9.87. The number of halogens is 2. The first-order valence-corrected chi connectivity index (χ1v) is 6.34. The molecular formula is C14H16F2O3. The van der Waals surface area contributed by atoms with E-state index in [1.54, 1.807) is 0 Å². The molecule has 0 atom stereocenters. The van der Waals surface area contributed by atoms with Gasteiger partial charge >= 0.3 is 5.97 Å². The molecule has 0 spiro atoms. The maximum absolute atomic E-state index is 13.4. The fraction of sp³-hybridized carbons (Fsp3) is 0.500. The van der Waals surface area contributed by atoms with Gasteiger partial charge in [-0.25, -0.2) is 8.78 Å². The summed E-state index contributed by atoms with van der Waals surface area (Å²) in [5.74, 6) is -2.05. The summed E-state index contributed by atoms with van der Waals surface area (Å²) in [4.78, 5) is 10.8. The van der Waals surface area contributed by atoms with Gasteiger partial charge in [0, 0.05) is 5.56 Å². The molecule has 5 heteroatoms. The first kappa shape index (κ1) is 13.9. The summed E-state index contributed by atoms with van der Waals surface area (Å²) in [5.41, 5.74) is 0.195. The van der Waals surface area contributed by atoms with Crippen LogP contribution in [0.3, 0.4) is 0 Å². The van der Waals surface area contributed by atoms with Gasteiger partial charge in [0.05, 0.1) is 18.6 Å². The number of carboxylic acids is 1. The third kappa shape index (κ3) is 3.73. The van der Waals surface area contributed by atoms with Gasteiger partial charge in [0.1, 0.15) is 11.6 Å². The molecule has 3 nitrogen and oxygen atoms in total. The molecule has 1 fully saturated rings. The molecule has 0 unspecified atom stereocenters. The highest BCUT2D eigenvalue weighted by Crippen LogP contribution is 2.27. The maximum atomic E-state index is 13.4. The predicted octanol–water partition coefficient (Wildman–Crippen LogP) is 3.12. The summed E-state index contributed by atoms with van der Waals surface area (Å²) in [5, 5.41) is 8.87. The Hall–Kier alpha value is -1.49. The number of carboxylic acid groups (broad SMARTS) is 1. The van der Waals surface area contributed by atoms with Crippen molar-refractivity contribution >= 4 is 5.97 Å². The molecule has 0 radical (unpaired) electrons. The molecule has 0 aromatic heterocycles. The Morgan fingerprint density at radius 1 is 1.26 bits per heavy atom. The van der Waals surface area contributed by atoms with E-state index >= 15 is 0 Å². The van der Waals surface area contributed by atoms with Crippen LogP contribution in [0.2, 0.25) is 0 Å². The molecule has 0 bridgehead atoms. The van der Waals surface area contributed by atoms with E-state index in [2.05, 4.69) is 0 Å². The van der Waals surface area contributed by atoms with E-state index in [4.69, 9.17) is 9.84 Å². The second kappa shape index (κ2) is 6.10. The third-order valence-corrected chi connectivity index (χ3v) is 3.51. The van der Waals surface area contributed by atoms with E-state index in [-0.39, 0.29) is 24.2 Å². The van der Waals surface area contributed by atoms with Crippen LogP contribution in [-0.2, 0) is 16.1 Å². The maximum Gasteiger partial charge on any atom is 0.306 e. The van der Waals surface area contributed by atoms with Gasteiger partial charge in [0.25, 0.3) is 0 Å². The fourth-order valence-corrected chi connectivity index (χ4v) is 2.34. The van der Waals surface area contributed by atoms with Crippen molar-refractivity contribution in [1.82, 2.24) is 0 Å². The Balaban J connectivity index is 1.83. The average molecular weight is 270 g/mol. The van der Waals surface area contributed by atoms with Crippen molar-refractivity contribution < 1.29 is 23.4 Å². The van der Waals surface area contributed by atoms with Gasteiger partial charge in [-0.05, 0) is 43.9 Å². The smallest absolute Gasteiger partial charge is 0.306 e. The van der Waals surface area contributed by atoms with Crippen LogP contribution in [0.25, 0.3) is 0 Å². The van der Waals surface area contributed by atoms with Crippen LogP contribution in [0, 0.1) is 17.6 Å². The monoisotopic (exact) mass is 270 g/mol. The Kier molecular flexibility index (Phi) is 4.47. The molecular weight excluding hydrogens is 254 g/mol. The zero-order chi connectivity index (χ0) is 13.8. The van der Waals surface area contributed by atoms with E-state index in [1.165, 1.54) is 0 Å². The number of hydrogen-bond acceptors (Lipinski definition) is 2. The van der Waals surface area contributed by atoms with Crippen LogP contribution in [-0.4, -0.2) is 17.2 Å². The summed E-state index contributed by atoms with van der Waals surface area (Å²) in [6, 6.07) is 3.27. The van der Waals surface area contributed by atoms with Gasteiger partial charge in [-0.15, -0.1) is 0 Å². The van der Waals surface area contributed by atoms with Crippen molar-refractivity contribution in [1.29, 1.82) is 0 Å². The van der Waals surface area contributed by atoms with Gasteiger partial charge in [-0.2, -0.15) is 0 Å². The predicted molar refractivity (Wildman–Crippen MR) is 64.5 cm³/mol. The summed E-state index contributed by atoms with van der Waals surface area (Å²) < 4.78 is 31.9. The standard InChI is InChI=1S/C14H16F2O3/c15-11-3-6-13(16)10(7-11)8-19-12-4-1-9(2-5-12)14(17)18/h3,6-7,9,12H,1-2,4-5,8H2,(H,17,18). The van der Waals surface area contributed by atoms with E-state index in [0.29, 0.717) is 25.7 Å². The van der Waals surface area contributed by atoms with Crippen LogP contribution in [0.15, 0.2) is 18.2 Å². The lowest BCUT2D eigenvalue weighted by Gasteiger charge is -2.26. The summed E-state index contributed by atoms with van der Waals surface area (Å²) in [6.45, 7) is 0.0198. The molecule has 1 aromatic rings. The lowest BCUT2D eigenvalue weighted by molar-refractivity contribution is -0.143. The number of rotatable bonds is 4. The summed E-state index contributed by atoms with van der Waals surface area (Å²) >= 11 is 0. The highest BCUT2D eigenvalue weighted by Gasteiger charge is 2.26. The highest BCUT2D eigenvalue weighted by molar-refractivity contribution is 5.70. The van der Waals surface area contributed by atoms with Gasteiger partial charge in [0.2, 0.25) is 0 Å². The molecule has 2 rings (SSSR count). The zero-order valence-electron chi connectivity index (χ0n) is 10.4. The van der Waals surface area contributed by atoms with Gasteiger partial charge in [-0.3, -0.25) is 4.79 Å². The van der Waals surface area contributed by atoms with Gasteiger partial charge < -0.3 is 9.84 Å². The number of hydrogen-bond donors (Lipinski definition) is 1. The largest absolute Gasteiger partial charge is 0.481 e. The third-order valence-electron chi connectivity index (χ3n) is 3.51. The first-order valence-electron chi connectivity index (χ1n) is 6.34. The highest BCUT2D eigenvalue weighted by atomic mass is 19.1. The van der Waals surface area contributed by atoms with E-state index in [0.717, 1.165) is 18.2 Å². The molecule has 19 heavy (non-hydrogen) atoms. The topological polar surface area (TPSA) is 46.5 Å². The average Bonchev–Trinajstić information content (AvgIpc) is 2.40. The van der Waals surface area contributed by atoms with Crippen LogP contribution < -0.4 is 0 Å². The van der Waals surface area contributed by atoms with Crippen molar-refractivity contribution in [2.45, 2.75) is 38.4 Å². The minimum atomic E-state index is -0.769. The Morgan fingerprint density at radius 3 is 2.58 bits per heavy atom. The Bertz CT molecular complexity index is 454. The number of ether oxygens (including phenoxy) is 1. The van der Waals surface area contributed by atoms with Crippen molar-refractivity contribution in [3.05, 3.63) is 35.4 Å². The quantitative estimate of drug-likeness (QED) is 0.914. The second-order valence-corrected chi connectivity index (χ2v) is 4.86. The molecule has 1 aromatic carbocycles. The zero-order valence-corrected chi connectivity index (χ0v) is 10.4. The summed E-state index contributed by atoms with van der Waals surface area (Å²) in [6.07, 6.45) is 2.37. The minimum Gasteiger partial charge on any atom is -0.481 e. The van der Waals surface area contributed by atoms with Crippen molar-refractivity contribution in [2.24, 2.45) is 5.92 Å². The molecule has 0 saturated heterocycles. The van der Waals surface area contributed by atoms with E-state index in [1.807, 2.05) is 0 Å². The summed E-state index contributed by atoms with van der Waals surface area (Å²) in [7, 11) is 0. The molecule has 0 amide bonds. The van der Waals surface area contributed by atoms with E-state index in [9.17, 15) is 13.6 Å². The number of carbonyl (C=O) groups is 1. The second-order valence-electron chi connectivity index (χ2n) is 4.86. The van der Waals surface area contributed by atoms with Gasteiger partial charge in [-0.1, -0.05) is 0 Å². The fourth-order valence-electron chi connectivity index (χ4n) is 2.34. The SMILES string of the molecule is O=C(O)C1CCC(OCc2cc(F)ccc2F)CC1. The van der Waals surface area contributed by atoms with Crippen LogP contribution in [0.5, 0.6) is 0 Å². The molecule has 1 aliphatic carbocycles. The molecule has 1 aliphatic rings. The molecule has 0 heterocycles. The normalized spacial score (nSPS) is 23.3. The van der Waals surface area contributed by atoms with Crippen LogP contribution in [0.4, 0.5) is 8.78 Å². The minimum absolute atomic E-state index is 0.0198. The number of aliphatic carboxylic acids is 1.